The lowest BCUT2D eigenvalue weighted by Crippen LogP contribution is -2.72. The first-order valence-electron chi connectivity index (χ1n) is 5.83. The Labute approximate surface area is 101 Å². The molecule has 2 fully saturated rings. The minimum absolute atomic E-state index is 0.266. The van der Waals surface area contributed by atoms with Crippen LogP contribution in [0.1, 0.15) is 20.8 Å². The third-order valence-corrected chi connectivity index (χ3v) is 2.82. The average molecular weight is 244 g/mol. The van der Waals surface area contributed by atoms with Gasteiger partial charge in [0.05, 0.1) is 19.7 Å². The predicted molar refractivity (Wildman–Crippen MR) is 60.5 cm³/mol. The van der Waals surface area contributed by atoms with Crippen molar-refractivity contribution in [2.24, 2.45) is 0 Å². The number of hydrogen-bond acceptors (Lipinski definition) is 5. The van der Waals surface area contributed by atoms with Crippen LogP contribution in [0.15, 0.2) is 0 Å². The first kappa shape index (κ1) is 12.6. The fraction of sp³-hybridized carbons (Fsp3) is 0.909. The summed E-state index contributed by atoms with van der Waals surface area (Å²) >= 11 is 0. The molecule has 0 saturated carbocycles. The normalized spacial score (nSPS) is 27.8. The van der Waals surface area contributed by atoms with Crippen molar-refractivity contribution < 1.29 is 19.4 Å². The molecule has 17 heavy (non-hydrogen) atoms. The van der Waals surface area contributed by atoms with E-state index in [1.165, 1.54) is 0 Å². The lowest BCUT2D eigenvalue weighted by atomic mass is 9.93. The quantitative estimate of drug-likeness (QED) is 0.623. The number of ether oxygens (including phenoxy) is 2. The number of amides is 1. The molecule has 98 valence electrons. The van der Waals surface area contributed by atoms with Crippen molar-refractivity contribution in [2.45, 2.75) is 38.2 Å². The van der Waals surface area contributed by atoms with Gasteiger partial charge in [0.15, 0.2) is 0 Å². The van der Waals surface area contributed by atoms with Crippen LogP contribution in [-0.4, -0.2) is 59.8 Å². The molecule has 2 aliphatic heterocycles. The predicted octanol–water partition coefficient (Wildman–Crippen LogP) is -0.0859. The van der Waals surface area contributed by atoms with Gasteiger partial charge in [-0.1, -0.05) is 0 Å². The van der Waals surface area contributed by atoms with Crippen molar-refractivity contribution in [3.05, 3.63) is 0 Å². The van der Waals surface area contributed by atoms with Crippen molar-refractivity contribution in [3.63, 3.8) is 0 Å². The molecule has 2 saturated heterocycles. The number of aliphatic hydroxyl groups excluding tert-OH is 1. The molecule has 1 spiro atoms. The van der Waals surface area contributed by atoms with Crippen LogP contribution in [0.4, 0.5) is 4.79 Å². The molecule has 1 atom stereocenters. The average Bonchev–Trinajstić information content (AvgIpc) is 2.13. The fourth-order valence-electron chi connectivity index (χ4n) is 1.98. The van der Waals surface area contributed by atoms with E-state index in [1.807, 2.05) is 20.8 Å². The fourth-order valence-corrected chi connectivity index (χ4v) is 1.98. The Balaban J connectivity index is 1.80. The molecule has 0 aromatic rings. The van der Waals surface area contributed by atoms with E-state index in [-0.39, 0.29) is 18.3 Å². The molecule has 2 N–H and O–H groups in total. The highest BCUT2D eigenvalue weighted by Crippen LogP contribution is 2.28. The van der Waals surface area contributed by atoms with Crippen LogP contribution in [0.3, 0.4) is 0 Å². The Morgan fingerprint density at radius 3 is 2.65 bits per heavy atom. The summed E-state index contributed by atoms with van der Waals surface area (Å²) in [6.07, 6.45) is -0.908. The number of nitrogens with one attached hydrogen (secondary N) is 1. The summed E-state index contributed by atoms with van der Waals surface area (Å²) in [7, 11) is 0. The second kappa shape index (κ2) is 4.12. The van der Waals surface area contributed by atoms with Crippen molar-refractivity contribution in [3.8, 4) is 0 Å². The van der Waals surface area contributed by atoms with Crippen LogP contribution in [0, 0.1) is 0 Å². The lowest BCUT2D eigenvalue weighted by Gasteiger charge is -2.51. The number of nitrogens with zero attached hydrogens (tertiary/aromatic N) is 1. The van der Waals surface area contributed by atoms with Gasteiger partial charge in [-0.15, -0.1) is 0 Å². The SMILES string of the molecule is CC(C)(C)OC(=O)N1CC2(CNC(O)CO2)C1. The number of carbonyl (C=O) groups is 1. The van der Waals surface area contributed by atoms with Crippen molar-refractivity contribution in [1.29, 1.82) is 0 Å². The summed E-state index contributed by atoms with van der Waals surface area (Å²) in [6.45, 7) is 7.39. The van der Waals surface area contributed by atoms with Crippen molar-refractivity contribution >= 4 is 6.09 Å². The van der Waals surface area contributed by atoms with Gasteiger partial charge in [-0.25, -0.2) is 4.79 Å². The number of aliphatic hydroxyl groups is 1. The summed E-state index contributed by atoms with van der Waals surface area (Å²) in [4.78, 5) is 13.3. The van der Waals surface area contributed by atoms with Gasteiger partial charge in [0, 0.05) is 6.54 Å². The number of carbonyl (C=O) groups excluding carboxylic acids is 1. The summed E-state index contributed by atoms with van der Waals surface area (Å²) in [5.41, 5.74) is -0.808. The third kappa shape index (κ3) is 2.88. The molecule has 6 heteroatoms. The number of likely N-dealkylation sites (tertiary alicyclic amines) is 1. The number of rotatable bonds is 0. The smallest absolute Gasteiger partial charge is 0.410 e. The minimum Gasteiger partial charge on any atom is -0.444 e. The monoisotopic (exact) mass is 244 g/mol. The van der Waals surface area contributed by atoms with Crippen LogP contribution in [-0.2, 0) is 9.47 Å². The van der Waals surface area contributed by atoms with Crippen LogP contribution in [0.25, 0.3) is 0 Å². The molecule has 2 heterocycles. The Morgan fingerprint density at radius 2 is 2.18 bits per heavy atom. The molecule has 6 nitrogen and oxygen atoms in total. The molecule has 2 rings (SSSR count). The first-order valence-corrected chi connectivity index (χ1v) is 5.83. The van der Waals surface area contributed by atoms with E-state index in [1.54, 1.807) is 4.90 Å². The zero-order chi connectivity index (χ0) is 12.7. The zero-order valence-electron chi connectivity index (χ0n) is 10.5. The van der Waals surface area contributed by atoms with E-state index in [0.29, 0.717) is 19.6 Å². The summed E-state index contributed by atoms with van der Waals surface area (Å²) in [5, 5.41) is 12.2. The van der Waals surface area contributed by atoms with Crippen LogP contribution in [0.5, 0.6) is 0 Å². The maximum absolute atomic E-state index is 11.7. The van der Waals surface area contributed by atoms with Gasteiger partial charge in [-0.05, 0) is 20.8 Å². The number of morpholine rings is 1. The maximum Gasteiger partial charge on any atom is 0.410 e. The molecule has 0 aromatic heterocycles. The van der Waals surface area contributed by atoms with Gasteiger partial charge >= 0.3 is 6.09 Å². The van der Waals surface area contributed by atoms with E-state index in [9.17, 15) is 9.90 Å². The first-order chi connectivity index (χ1) is 7.80. The highest BCUT2D eigenvalue weighted by molar-refractivity contribution is 5.69. The molecule has 1 amide bonds. The molecule has 2 aliphatic rings. The van der Waals surface area contributed by atoms with Gasteiger partial charge in [0.2, 0.25) is 0 Å². The van der Waals surface area contributed by atoms with E-state index in [2.05, 4.69) is 5.32 Å². The highest BCUT2D eigenvalue weighted by atomic mass is 16.6. The van der Waals surface area contributed by atoms with E-state index in [0.717, 1.165) is 0 Å². The lowest BCUT2D eigenvalue weighted by molar-refractivity contribution is -0.183. The van der Waals surface area contributed by atoms with Gasteiger partial charge in [0.25, 0.3) is 0 Å². The molecular weight excluding hydrogens is 224 g/mol. The molecule has 0 bridgehead atoms. The standard InChI is InChI=1S/C11H20N2O4/c1-10(2,3)17-9(15)13-6-11(7-13)5-12-8(14)4-16-11/h8,12,14H,4-7H2,1-3H3. The Morgan fingerprint density at radius 1 is 1.53 bits per heavy atom. The number of hydrogen-bond donors (Lipinski definition) is 2. The Hall–Kier alpha value is -0.850. The van der Waals surface area contributed by atoms with Crippen LogP contribution in [0.2, 0.25) is 0 Å². The van der Waals surface area contributed by atoms with Gasteiger partial charge in [-0.3, -0.25) is 5.32 Å². The summed E-state index contributed by atoms with van der Waals surface area (Å²) < 4.78 is 10.8. The van der Waals surface area contributed by atoms with Crippen molar-refractivity contribution in [1.82, 2.24) is 10.2 Å². The highest BCUT2D eigenvalue weighted by Gasteiger charge is 2.49. The molecule has 0 aliphatic carbocycles. The van der Waals surface area contributed by atoms with Crippen LogP contribution < -0.4 is 5.32 Å². The largest absolute Gasteiger partial charge is 0.444 e. The van der Waals surface area contributed by atoms with Gasteiger partial charge in [-0.2, -0.15) is 0 Å². The third-order valence-electron chi connectivity index (χ3n) is 2.82. The molecular formula is C11H20N2O4. The van der Waals surface area contributed by atoms with E-state index >= 15 is 0 Å². The molecule has 0 aromatic carbocycles. The van der Waals surface area contributed by atoms with Gasteiger partial charge < -0.3 is 19.5 Å². The molecule has 1 unspecified atom stereocenters. The maximum atomic E-state index is 11.7. The Kier molecular flexibility index (Phi) is 3.05. The minimum atomic E-state index is -0.601. The second-order valence-corrected chi connectivity index (χ2v) is 5.73. The molecule has 0 radical (unpaired) electrons. The van der Waals surface area contributed by atoms with E-state index in [4.69, 9.17) is 9.47 Å². The van der Waals surface area contributed by atoms with Gasteiger partial charge in [0.1, 0.15) is 17.4 Å². The van der Waals surface area contributed by atoms with Crippen LogP contribution >= 0.6 is 0 Å². The Bertz CT molecular complexity index is 297. The van der Waals surface area contributed by atoms with Crippen molar-refractivity contribution in [2.75, 3.05) is 26.2 Å². The second-order valence-electron chi connectivity index (χ2n) is 5.73. The van der Waals surface area contributed by atoms with E-state index < -0.39 is 11.8 Å². The summed E-state index contributed by atoms with van der Waals surface area (Å²) in [6, 6.07) is 0. The summed E-state index contributed by atoms with van der Waals surface area (Å²) in [5.74, 6) is 0. The zero-order valence-corrected chi connectivity index (χ0v) is 10.5. The topological polar surface area (TPSA) is 71.0 Å².